The summed E-state index contributed by atoms with van der Waals surface area (Å²) in [7, 11) is 1.68. The fourth-order valence-corrected chi connectivity index (χ4v) is 1.26. The van der Waals surface area contributed by atoms with E-state index in [0.717, 1.165) is 11.3 Å². The summed E-state index contributed by atoms with van der Waals surface area (Å²) in [6.45, 7) is 4.69. The Morgan fingerprint density at radius 2 is 2.13 bits per heavy atom. The van der Waals surface area contributed by atoms with Crippen molar-refractivity contribution in [2.75, 3.05) is 19.0 Å². The molecule has 0 aromatic heterocycles. The largest absolute Gasteiger partial charge is 0.389 e. The first-order valence-corrected chi connectivity index (χ1v) is 5.05. The zero-order valence-corrected chi connectivity index (χ0v) is 9.58. The molecule has 0 amide bonds. The van der Waals surface area contributed by atoms with E-state index in [2.05, 4.69) is 5.32 Å². The van der Waals surface area contributed by atoms with Crippen LogP contribution in [0.5, 0.6) is 0 Å². The lowest BCUT2D eigenvalue weighted by atomic mass is 10.1. The number of nitrogens with one attached hydrogen (secondary N) is 1. The first-order valence-electron chi connectivity index (χ1n) is 5.05. The summed E-state index contributed by atoms with van der Waals surface area (Å²) in [5.41, 5.74) is 1.43. The number of aliphatic hydroxyl groups is 1. The Morgan fingerprint density at radius 3 is 2.73 bits per heavy atom. The second-order valence-corrected chi connectivity index (χ2v) is 4.30. The van der Waals surface area contributed by atoms with Crippen LogP contribution in [-0.4, -0.2) is 24.4 Å². The summed E-state index contributed by atoms with van der Waals surface area (Å²) in [4.78, 5) is 0. The average Bonchev–Trinajstić information content (AvgIpc) is 2.15. The van der Waals surface area contributed by atoms with Crippen molar-refractivity contribution in [3.8, 4) is 0 Å². The fourth-order valence-electron chi connectivity index (χ4n) is 1.26. The fraction of sp³-hybridized carbons (Fsp3) is 0.500. The second-order valence-electron chi connectivity index (χ2n) is 4.30. The maximum absolute atomic E-state index is 9.56. The maximum Gasteiger partial charge on any atom is 0.0763 e. The van der Waals surface area contributed by atoms with E-state index in [0.29, 0.717) is 13.2 Å². The van der Waals surface area contributed by atoms with Gasteiger partial charge in [0.25, 0.3) is 0 Å². The maximum atomic E-state index is 9.56. The Bertz CT molecular complexity index is 305. The van der Waals surface area contributed by atoms with Gasteiger partial charge in [0.1, 0.15) is 0 Å². The number of hydrogen-bond donors (Lipinski definition) is 2. The van der Waals surface area contributed by atoms with E-state index in [1.807, 2.05) is 24.3 Å². The van der Waals surface area contributed by atoms with Gasteiger partial charge in [-0.3, -0.25) is 0 Å². The molecular formula is C12H19NO2. The Kier molecular flexibility index (Phi) is 4.12. The van der Waals surface area contributed by atoms with Crippen molar-refractivity contribution in [2.24, 2.45) is 0 Å². The number of hydrogen-bond acceptors (Lipinski definition) is 3. The van der Waals surface area contributed by atoms with Crippen molar-refractivity contribution < 1.29 is 9.84 Å². The van der Waals surface area contributed by atoms with E-state index in [9.17, 15) is 5.11 Å². The van der Waals surface area contributed by atoms with E-state index in [4.69, 9.17) is 4.74 Å². The number of ether oxygens (including phenoxy) is 1. The summed E-state index contributed by atoms with van der Waals surface area (Å²) >= 11 is 0. The molecule has 0 saturated heterocycles. The molecule has 0 unspecified atom stereocenters. The Hall–Kier alpha value is -1.06. The smallest absolute Gasteiger partial charge is 0.0763 e. The summed E-state index contributed by atoms with van der Waals surface area (Å²) < 4.78 is 5.05. The first kappa shape index (κ1) is 12.0. The van der Waals surface area contributed by atoms with E-state index in [-0.39, 0.29) is 0 Å². The van der Waals surface area contributed by atoms with Crippen LogP contribution in [0.15, 0.2) is 24.3 Å². The van der Waals surface area contributed by atoms with E-state index in [1.165, 1.54) is 0 Å². The highest BCUT2D eigenvalue weighted by atomic mass is 16.5. The van der Waals surface area contributed by atoms with Crippen LogP contribution in [0.3, 0.4) is 0 Å². The average molecular weight is 209 g/mol. The van der Waals surface area contributed by atoms with Crippen LogP contribution in [0.25, 0.3) is 0 Å². The third-order valence-electron chi connectivity index (χ3n) is 1.96. The van der Waals surface area contributed by atoms with Gasteiger partial charge < -0.3 is 15.2 Å². The zero-order chi connectivity index (χ0) is 11.3. The lowest BCUT2D eigenvalue weighted by Gasteiger charge is -2.18. The van der Waals surface area contributed by atoms with Gasteiger partial charge in [-0.15, -0.1) is 0 Å². The van der Waals surface area contributed by atoms with E-state index < -0.39 is 5.60 Å². The van der Waals surface area contributed by atoms with Gasteiger partial charge in [-0.05, 0) is 31.5 Å². The Morgan fingerprint density at radius 1 is 1.40 bits per heavy atom. The topological polar surface area (TPSA) is 41.5 Å². The third-order valence-corrected chi connectivity index (χ3v) is 1.96. The van der Waals surface area contributed by atoms with E-state index >= 15 is 0 Å². The van der Waals surface area contributed by atoms with Gasteiger partial charge in [0, 0.05) is 19.3 Å². The molecule has 0 aliphatic heterocycles. The molecule has 3 heteroatoms. The van der Waals surface area contributed by atoms with Gasteiger partial charge in [-0.25, -0.2) is 0 Å². The van der Waals surface area contributed by atoms with Crippen molar-refractivity contribution in [1.82, 2.24) is 0 Å². The number of anilines is 1. The highest BCUT2D eigenvalue weighted by molar-refractivity contribution is 5.45. The van der Waals surface area contributed by atoms with Crippen LogP contribution in [0.2, 0.25) is 0 Å². The SMILES string of the molecule is COCc1cccc(NCC(C)(C)O)c1. The molecule has 0 aliphatic carbocycles. The molecule has 0 saturated carbocycles. The molecule has 1 aromatic carbocycles. The van der Waals surface area contributed by atoms with Gasteiger partial charge in [0.05, 0.1) is 12.2 Å². The Balaban J connectivity index is 2.57. The molecule has 0 atom stereocenters. The predicted molar refractivity (Wildman–Crippen MR) is 61.9 cm³/mol. The number of rotatable bonds is 5. The molecule has 0 fully saturated rings. The third kappa shape index (κ3) is 4.81. The van der Waals surface area contributed by atoms with Crippen LogP contribution in [0.1, 0.15) is 19.4 Å². The molecule has 15 heavy (non-hydrogen) atoms. The van der Waals surface area contributed by atoms with Gasteiger partial charge in [-0.1, -0.05) is 12.1 Å². The van der Waals surface area contributed by atoms with Crippen LogP contribution >= 0.6 is 0 Å². The molecular weight excluding hydrogens is 190 g/mol. The summed E-state index contributed by atoms with van der Waals surface area (Å²) in [5, 5.41) is 12.7. The highest BCUT2D eigenvalue weighted by Crippen LogP contribution is 2.12. The van der Waals surface area contributed by atoms with Crippen LogP contribution < -0.4 is 5.32 Å². The molecule has 84 valence electrons. The molecule has 2 N–H and O–H groups in total. The minimum absolute atomic E-state index is 0.531. The lowest BCUT2D eigenvalue weighted by molar-refractivity contribution is 0.0945. The molecule has 0 bridgehead atoms. The Labute approximate surface area is 91.1 Å². The van der Waals surface area contributed by atoms with Crippen LogP contribution in [0, 0.1) is 0 Å². The monoisotopic (exact) mass is 209 g/mol. The zero-order valence-electron chi connectivity index (χ0n) is 9.58. The number of benzene rings is 1. The van der Waals surface area contributed by atoms with Crippen molar-refractivity contribution in [3.05, 3.63) is 29.8 Å². The molecule has 0 radical (unpaired) electrons. The highest BCUT2D eigenvalue weighted by Gasteiger charge is 2.11. The second kappa shape index (κ2) is 5.14. The lowest BCUT2D eigenvalue weighted by Crippen LogP contribution is -2.29. The van der Waals surface area contributed by atoms with Crippen molar-refractivity contribution in [1.29, 1.82) is 0 Å². The van der Waals surface area contributed by atoms with Gasteiger partial charge in [0.2, 0.25) is 0 Å². The van der Waals surface area contributed by atoms with Gasteiger partial charge in [0.15, 0.2) is 0 Å². The molecule has 0 spiro atoms. The van der Waals surface area contributed by atoms with E-state index in [1.54, 1.807) is 21.0 Å². The first-order chi connectivity index (χ1) is 7.01. The molecule has 0 heterocycles. The van der Waals surface area contributed by atoms with Crippen molar-refractivity contribution in [3.63, 3.8) is 0 Å². The predicted octanol–water partition coefficient (Wildman–Crippen LogP) is 2.02. The summed E-state index contributed by atoms with van der Waals surface area (Å²) in [6.07, 6.45) is 0. The van der Waals surface area contributed by atoms with Crippen molar-refractivity contribution in [2.45, 2.75) is 26.1 Å². The molecule has 1 rings (SSSR count). The molecule has 1 aromatic rings. The summed E-state index contributed by atoms with van der Waals surface area (Å²) in [6, 6.07) is 7.99. The van der Waals surface area contributed by atoms with Gasteiger partial charge in [-0.2, -0.15) is 0 Å². The van der Waals surface area contributed by atoms with Gasteiger partial charge >= 0.3 is 0 Å². The molecule has 3 nitrogen and oxygen atoms in total. The standard InChI is InChI=1S/C12H19NO2/c1-12(2,14)9-13-11-6-4-5-10(7-11)8-15-3/h4-7,13-14H,8-9H2,1-3H3. The normalized spacial score (nSPS) is 11.5. The molecule has 0 aliphatic rings. The quantitative estimate of drug-likeness (QED) is 0.779. The van der Waals surface area contributed by atoms with Crippen LogP contribution in [0.4, 0.5) is 5.69 Å². The van der Waals surface area contributed by atoms with Crippen molar-refractivity contribution >= 4 is 5.69 Å². The minimum atomic E-state index is -0.697. The van der Waals surface area contributed by atoms with Crippen LogP contribution in [-0.2, 0) is 11.3 Å². The summed E-state index contributed by atoms with van der Waals surface area (Å²) in [5.74, 6) is 0. The minimum Gasteiger partial charge on any atom is -0.389 e. The number of methoxy groups -OCH3 is 1.